The Bertz CT molecular complexity index is 952. The molecule has 0 atom stereocenters. The zero-order valence-electron chi connectivity index (χ0n) is 14.5. The van der Waals surface area contributed by atoms with Crippen molar-refractivity contribution in [1.82, 2.24) is 4.31 Å². The molecule has 1 N–H and O–H groups in total. The van der Waals surface area contributed by atoms with E-state index in [4.69, 9.17) is 4.74 Å². The van der Waals surface area contributed by atoms with E-state index in [2.05, 4.69) is 5.32 Å². The Morgan fingerprint density at radius 2 is 1.76 bits per heavy atom. The number of aryl methyl sites for hydroxylation is 1. The van der Waals surface area contributed by atoms with Gasteiger partial charge in [-0.15, -0.1) is 0 Å². The molecule has 1 aliphatic heterocycles. The first-order valence-electron chi connectivity index (χ1n) is 7.92. The van der Waals surface area contributed by atoms with Crippen LogP contribution in [0.25, 0.3) is 0 Å². The average molecular weight is 360 g/mol. The zero-order valence-corrected chi connectivity index (χ0v) is 15.3. The second-order valence-corrected chi connectivity index (χ2v) is 8.33. The summed E-state index contributed by atoms with van der Waals surface area (Å²) in [6, 6.07) is 9.61. The summed E-state index contributed by atoms with van der Waals surface area (Å²) < 4.78 is 32.4. The quantitative estimate of drug-likeness (QED) is 0.910. The third-order valence-corrected chi connectivity index (χ3v) is 6.23. The van der Waals surface area contributed by atoms with Gasteiger partial charge in [-0.05, 0) is 56.7 Å². The summed E-state index contributed by atoms with van der Waals surface area (Å²) in [5.41, 5.74) is 1.73. The van der Waals surface area contributed by atoms with E-state index in [0.717, 1.165) is 5.56 Å². The van der Waals surface area contributed by atoms with Crippen molar-refractivity contribution in [2.24, 2.45) is 0 Å². The number of carbonyl (C=O) groups is 1. The van der Waals surface area contributed by atoms with E-state index in [9.17, 15) is 13.2 Å². The Morgan fingerprint density at radius 3 is 2.44 bits per heavy atom. The molecular formula is C18H20N2O4S. The van der Waals surface area contributed by atoms with Crippen molar-refractivity contribution >= 4 is 21.6 Å². The molecule has 0 saturated carbocycles. The molecule has 0 bridgehead atoms. The number of anilines is 1. The van der Waals surface area contributed by atoms with Crippen LogP contribution in [0.3, 0.4) is 0 Å². The second-order valence-electron chi connectivity index (χ2n) is 6.33. The highest BCUT2D eigenvalue weighted by Crippen LogP contribution is 2.37. The van der Waals surface area contributed by atoms with E-state index in [1.54, 1.807) is 19.9 Å². The van der Waals surface area contributed by atoms with Crippen LogP contribution in [-0.4, -0.2) is 31.7 Å². The highest BCUT2D eigenvalue weighted by atomic mass is 32.2. The third-order valence-electron chi connectivity index (χ3n) is 4.20. The molecule has 0 aliphatic carbocycles. The summed E-state index contributed by atoms with van der Waals surface area (Å²) in [6.45, 7) is 5.49. The van der Waals surface area contributed by atoms with E-state index < -0.39 is 15.9 Å². The summed E-state index contributed by atoms with van der Waals surface area (Å²) in [4.78, 5) is 12.6. The highest BCUT2D eigenvalue weighted by molar-refractivity contribution is 7.89. The number of hydrogen-bond acceptors (Lipinski definition) is 4. The fraction of sp³-hybridized carbons (Fsp3) is 0.278. The van der Waals surface area contributed by atoms with E-state index in [-0.39, 0.29) is 16.5 Å². The topological polar surface area (TPSA) is 75.7 Å². The van der Waals surface area contributed by atoms with Crippen LogP contribution in [0.15, 0.2) is 41.3 Å². The molecule has 132 valence electrons. The lowest BCUT2D eigenvalue weighted by atomic mass is 10.2. The molecule has 6 nitrogen and oxygen atoms in total. The lowest BCUT2D eigenvalue weighted by Gasteiger charge is -2.21. The average Bonchev–Trinajstić information content (AvgIpc) is 2.69. The Kier molecular flexibility index (Phi) is 4.30. The van der Waals surface area contributed by atoms with Crippen molar-refractivity contribution in [1.29, 1.82) is 0 Å². The summed E-state index contributed by atoms with van der Waals surface area (Å²) in [5, 5.41) is 2.78. The molecule has 0 radical (unpaired) electrons. The van der Waals surface area contributed by atoms with Crippen molar-refractivity contribution in [2.75, 3.05) is 12.4 Å². The third kappa shape index (κ3) is 3.12. The number of fused-ring (bicyclic) bond motifs is 2. The fourth-order valence-electron chi connectivity index (χ4n) is 2.52. The van der Waals surface area contributed by atoms with Gasteiger partial charge in [-0.25, -0.2) is 8.42 Å². The zero-order chi connectivity index (χ0) is 18.4. The van der Waals surface area contributed by atoms with Crippen LogP contribution in [0.2, 0.25) is 0 Å². The maximum atomic E-state index is 12.7. The minimum Gasteiger partial charge on any atom is -0.454 e. The van der Waals surface area contributed by atoms with E-state index in [1.807, 2.05) is 19.1 Å². The summed E-state index contributed by atoms with van der Waals surface area (Å²) in [7, 11) is -2.17. The maximum absolute atomic E-state index is 12.7. The maximum Gasteiger partial charge on any atom is 0.259 e. The number of ether oxygens (including phenoxy) is 1. The van der Waals surface area contributed by atoms with Crippen molar-refractivity contribution in [3.63, 3.8) is 0 Å². The van der Waals surface area contributed by atoms with Gasteiger partial charge in [-0.3, -0.25) is 4.79 Å². The van der Waals surface area contributed by atoms with Gasteiger partial charge >= 0.3 is 0 Å². The van der Waals surface area contributed by atoms with Crippen LogP contribution in [0, 0.1) is 6.92 Å². The van der Waals surface area contributed by atoms with Gasteiger partial charge in [0.1, 0.15) is 5.75 Å². The monoisotopic (exact) mass is 360 g/mol. The van der Waals surface area contributed by atoms with Crippen molar-refractivity contribution < 1.29 is 17.9 Å². The van der Waals surface area contributed by atoms with Gasteiger partial charge in [-0.1, -0.05) is 6.07 Å². The number of nitrogens with zero attached hydrogens (tertiary/aromatic N) is 1. The molecule has 0 aromatic heterocycles. The number of rotatable bonds is 3. The molecule has 1 aliphatic rings. The van der Waals surface area contributed by atoms with Gasteiger partial charge in [0.2, 0.25) is 10.0 Å². The number of benzene rings is 2. The normalized spacial score (nSPS) is 13.8. The lowest BCUT2D eigenvalue weighted by Crippen LogP contribution is -2.33. The number of sulfonamides is 1. The Hall–Kier alpha value is -2.38. The molecule has 3 rings (SSSR count). The predicted molar refractivity (Wildman–Crippen MR) is 95.7 cm³/mol. The van der Waals surface area contributed by atoms with Crippen molar-refractivity contribution in [3.8, 4) is 11.5 Å². The second kappa shape index (κ2) is 6.16. The van der Waals surface area contributed by atoms with Crippen LogP contribution in [-0.2, 0) is 10.0 Å². The minimum atomic E-state index is -3.68. The van der Waals surface area contributed by atoms with E-state index >= 15 is 0 Å². The highest BCUT2D eigenvalue weighted by Gasteiger charge is 2.27. The van der Waals surface area contributed by atoms with E-state index in [0.29, 0.717) is 17.2 Å². The molecule has 25 heavy (non-hydrogen) atoms. The number of amides is 1. The van der Waals surface area contributed by atoms with E-state index in [1.165, 1.54) is 29.6 Å². The first-order valence-corrected chi connectivity index (χ1v) is 9.36. The Labute approximate surface area is 147 Å². The van der Waals surface area contributed by atoms with Gasteiger partial charge in [0.15, 0.2) is 5.75 Å². The molecule has 0 fully saturated rings. The summed E-state index contributed by atoms with van der Waals surface area (Å²) in [6.07, 6.45) is 0. The SMILES string of the molecule is Cc1ccc2c(c1)NC(=O)c1cc(S(=O)(=O)N(C)C(C)C)ccc1O2. The van der Waals surface area contributed by atoms with Crippen molar-refractivity contribution in [2.45, 2.75) is 31.7 Å². The molecule has 2 aromatic carbocycles. The van der Waals surface area contributed by atoms with Crippen LogP contribution >= 0.6 is 0 Å². The minimum absolute atomic E-state index is 0.0586. The molecule has 1 amide bonds. The van der Waals surface area contributed by atoms with Gasteiger partial charge in [-0.2, -0.15) is 4.31 Å². The summed E-state index contributed by atoms with van der Waals surface area (Å²) >= 11 is 0. The molecule has 0 saturated heterocycles. The fourth-order valence-corrected chi connectivity index (χ4v) is 3.91. The largest absolute Gasteiger partial charge is 0.454 e. The summed E-state index contributed by atoms with van der Waals surface area (Å²) in [5.74, 6) is 0.447. The Morgan fingerprint density at radius 1 is 1.08 bits per heavy atom. The molecule has 1 heterocycles. The molecule has 0 spiro atoms. The van der Waals surface area contributed by atoms with Crippen LogP contribution in [0.5, 0.6) is 11.5 Å². The van der Waals surface area contributed by atoms with Gasteiger partial charge in [0.25, 0.3) is 5.91 Å². The van der Waals surface area contributed by atoms with Gasteiger partial charge < -0.3 is 10.1 Å². The van der Waals surface area contributed by atoms with Crippen LogP contribution < -0.4 is 10.1 Å². The van der Waals surface area contributed by atoms with Crippen molar-refractivity contribution in [3.05, 3.63) is 47.5 Å². The predicted octanol–water partition coefficient (Wildman–Crippen LogP) is 3.38. The van der Waals surface area contributed by atoms with Crippen LogP contribution in [0.4, 0.5) is 5.69 Å². The van der Waals surface area contributed by atoms with Gasteiger partial charge in [0, 0.05) is 13.1 Å². The number of hydrogen-bond donors (Lipinski definition) is 1. The Balaban J connectivity index is 2.07. The number of nitrogens with one attached hydrogen (secondary N) is 1. The lowest BCUT2D eigenvalue weighted by molar-refractivity contribution is 0.102. The standard InChI is InChI=1S/C18H20N2O4S/c1-11(2)20(4)25(22,23)13-6-8-16-14(10-13)18(21)19-15-9-12(3)5-7-17(15)24-16/h5-11H,1-4H3,(H,19,21). The molecule has 7 heteroatoms. The first-order chi connectivity index (χ1) is 11.7. The first kappa shape index (κ1) is 17.4. The molecular weight excluding hydrogens is 340 g/mol. The van der Waals surface area contributed by atoms with Crippen LogP contribution in [0.1, 0.15) is 29.8 Å². The van der Waals surface area contributed by atoms with Gasteiger partial charge in [0.05, 0.1) is 16.1 Å². The molecule has 2 aromatic rings. The smallest absolute Gasteiger partial charge is 0.259 e. The molecule has 0 unspecified atom stereocenters. The number of carbonyl (C=O) groups excluding carboxylic acids is 1.